The number of carbonyl (C=O) groups excluding carboxylic acids is 1. The number of nitrogens with two attached hydrogens (primary N) is 1. The van der Waals surface area contributed by atoms with Crippen molar-refractivity contribution in [2.75, 3.05) is 0 Å². The summed E-state index contributed by atoms with van der Waals surface area (Å²) in [5, 5.41) is 4.47. The maximum absolute atomic E-state index is 11.5. The molecule has 3 N–H and O–H groups in total. The molecule has 3 rings (SSSR count). The van der Waals surface area contributed by atoms with Crippen LogP contribution in [0.4, 0.5) is 0 Å². The molecule has 0 spiro atoms. The quantitative estimate of drug-likeness (QED) is 0.891. The molecule has 2 saturated heterocycles. The summed E-state index contributed by atoms with van der Waals surface area (Å²) in [6, 6.07) is 8.43. The third-order valence-electron chi connectivity index (χ3n) is 4.52. The fourth-order valence-corrected chi connectivity index (χ4v) is 3.94. The Labute approximate surface area is 118 Å². The number of piperidine rings is 1. The number of amides is 1. The molecular weight excluding hydrogens is 260 g/mol. The lowest BCUT2D eigenvalue weighted by Crippen LogP contribution is -2.53. The first kappa shape index (κ1) is 12.9. The van der Waals surface area contributed by atoms with Crippen LogP contribution in [-0.4, -0.2) is 17.5 Å². The van der Waals surface area contributed by atoms with Crippen molar-refractivity contribution in [3.63, 3.8) is 0 Å². The van der Waals surface area contributed by atoms with E-state index in [9.17, 15) is 4.79 Å². The van der Waals surface area contributed by atoms with Gasteiger partial charge in [-0.2, -0.15) is 0 Å². The minimum atomic E-state index is -0.149. The first-order chi connectivity index (χ1) is 9.06. The summed E-state index contributed by atoms with van der Waals surface area (Å²) in [5.74, 6) is -0.128. The van der Waals surface area contributed by atoms with Crippen LogP contribution in [0.3, 0.4) is 0 Å². The second-order valence-corrected chi connectivity index (χ2v) is 6.44. The number of nitrogens with one attached hydrogen (secondary N) is 1. The Balaban J connectivity index is 1.80. The Morgan fingerprint density at radius 3 is 3.11 bits per heavy atom. The number of rotatable bonds is 3. The van der Waals surface area contributed by atoms with Gasteiger partial charge >= 0.3 is 0 Å². The van der Waals surface area contributed by atoms with Crippen molar-refractivity contribution in [3.05, 3.63) is 34.9 Å². The van der Waals surface area contributed by atoms with Crippen molar-refractivity contribution >= 4 is 17.5 Å². The smallest absolute Gasteiger partial charge is 0.220 e. The van der Waals surface area contributed by atoms with E-state index in [-0.39, 0.29) is 17.4 Å². The average molecular weight is 279 g/mol. The number of fused-ring (bicyclic) bond motifs is 2. The van der Waals surface area contributed by atoms with Gasteiger partial charge in [0.25, 0.3) is 0 Å². The number of carbonyl (C=O) groups is 1. The molecule has 3 nitrogen and oxygen atoms in total. The minimum absolute atomic E-state index is 0.0212. The topological polar surface area (TPSA) is 55.1 Å². The van der Waals surface area contributed by atoms with Crippen LogP contribution in [-0.2, 0) is 11.2 Å². The first-order valence-electron chi connectivity index (χ1n) is 6.88. The molecule has 1 amide bonds. The highest BCUT2D eigenvalue weighted by molar-refractivity contribution is 6.30. The van der Waals surface area contributed by atoms with E-state index in [4.69, 9.17) is 17.3 Å². The summed E-state index contributed by atoms with van der Waals surface area (Å²) in [5.41, 5.74) is 6.77. The summed E-state index contributed by atoms with van der Waals surface area (Å²) in [4.78, 5) is 11.5. The number of hydrogen-bond acceptors (Lipinski definition) is 2. The third-order valence-corrected chi connectivity index (χ3v) is 4.76. The molecule has 2 heterocycles. The van der Waals surface area contributed by atoms with Crippen LogP contribution >= 0.6 is 11.6 Å². The third kappa shape index (κ3) is 2.63. The Hall–Kier alpha value is -1.06. The predicted molar refractivity (Wildman–Crippen MR) is 76.0 cm³/mol. The number of primary amides is 1. The van der Waals surface area contributed by atoms with E-state index in [0.29, 0.717) is 6.04 Å². The molecule has 1 aromatic carbocycles. The molecular formula is C15H19ClN2O. The van der Waals surface area contributed by atoms with Crippen LogP contribution in [0, 0.1) is 5.92 Å². The van der Waals surface area contributed by atoms with Gasteiger partial charge in [0, 0.05) is 22.5 Å². The average Bonchev–Trinajstić information content (AvgIpc) is 2.64. The van der Waals surface area contributed by atoms with Crippen molar-refractivity contribution in [1.82, 2.24) is 5.32 Å². The van der Waals surface area contributed by atoms with E-state index in [1.165, 1.54) is 5.56 Å². The lowest BCUT2D eigenvalue weighted by atomic mass is 9.79. The van der Waals surface area contributed by atoms with Gasteiger partial charge in [-0.1, -0.05) is 23.7 Å². The van der Waals surface area contributed by atoms with E-state index in [1.54, 1.807) is 0 Å². The van der Waals surface area contributed by atoms with Gasteiger partial charge in [-0.05, 0) is 49.8 Å². The summed E-state index contributed by atoms with van der Waals surface area (Å²) in [7, 11) is 0. The normalized spacial score (nSPS) is 33.3. The van der Waals surface area contributed by atoms with Crippen LogP contribution < -0.4 is 11.1 Å². The number of hydrogen-bond donors (Lipinski definition) is 2. The Bertz CT molecular complexity index is 505. The molecule has 2 bridgehead atoms. The first-order valence-corrected chi connectivity index (χ1v) is 7.26. The Morgan fingerprint density at radius 1 is 1.53 bits per heavy atom. The van der Waals surface area contributed by atoms with Gasteiger partial charge in [0.2, 0.25) is 5.91 Å². The molecule has 2 aliphatic rings. The van der Waals surface area contributed by atoms with Crippen LogP contribution in [0.25, 0.3) is 0 Å². The Kier molecular flexibility index (Phi) is 3.27. The number of benzene rings is 1. The summed E-state index contributed by atoms with van der Waals surface area (Å²) < 4.78 is 0. The molecule has 2 aliphatic heterocycles. The van der Waals surface area contributed by atoms with E-state index in [2.05, 4.69) is 11.4 Å². The fourth-order valence-electron chi connectivity index (χ4n) is 3.73. The molecule has 0 saturated carbocycles. The van der Waals surface area contributed by atoms with Crippen molar-refractivity contribution < 1.29 is 4.79 Å². The van der Waals surface area contributed by atoms with Gasteiger partial charge in [-0.15, -0.1) is 0 Å². The van der Waals surface area contributed by atoms with Crippen LogP contribution in [0.2, 0.25) is 5.02 Å². The molecule has 3 atom stereocenters. The SMILES string of the molecule is NC(=O)C1CC2CCC(Cc3cccc(Cl)c3)(C1)N2. The maximum atomic E-state index is 11.5. The second kappa shape index (κ2) is 4.80. The standard InChI is InChI=1S/C15H19ClN2O/c16-12-3-1-2-10(6-12)8-15-5-4-13(18-15)7-11(9-15)14(17)19/h1-3,6,11,13,18H,4-5,7-9H2,(H2,17,19). The summed E-state index contributed by atoms with van der Waals surface area (Å²) in [6.45, 7) is 0. The summed E-state index contributed by atoms with van der Waals surface area (Å²) in [6.07, 6.45) is 4.93. The highest BCUT2D eigenvalue weighted by Gasteiger charge is 2.46. The van der Waals surface area contributed by atoms with Crippen molar-refractivity contribution in [1.29, 1.82) is 0 Å². The second-order valence-electron chi connectivity index (χ2n) is 6.01. The zero-order chi connectivity index (χ0) is 13.5. The predicted octanol–water partition coefficient (Wildman–Crippen LogP) is 2.27. The van der Waals surface area contributed by atoms with Crippen LogP contribution in [0.15, 0.2) is 24.3 Å². The lowest BCUT2D eigenvalue weighted by Gasteiger charge is -2.38. The summed E-state index contributed by atoms with van der Waals surface area (Å²) >= 11 is 6.05. The van der Waals surface area contributed by atoms with E-state index in [0.717, 1.165) is 37.1 Å². The van der Waals surface area contributed by atoms with Gasteiger partial charge in [0.05, 0.1) is 0 Å². The molecule has 0 radical (unpaired) electrons. The van der Waals surface area contributed by atoms with E-state index < -0.39 is 0 Å². The lowest BCUT2D eigenvalue weighted by molar-refractivity contribution is -0.123. The molecule has 0 aromatic heterocycles. The number of halogens is 1. The highest BCUT2D eigenvalue weighted by Crippen LogP contribution is 2.40. The molecule has 2 fully saturated rings. The monoisotopic (exact) mass is 278 g/mol. The molecule has 3 unspecified atom stereocenters. The van der Waals surface area contributed by atoms with Crippen molar-refractivity contribution in [3.8, 4) is 0 Å². The van der Waals surface area contributed by atoms with E-state index in [1.807, 2.05) is 18.2 Å². The van der Waals surface area contributed by atoms with Crippen molar-refractivity contribution in [2.45, 2.75) is 43.7 Å². The van der Waals surface area contributed by atoms with Gasteiger partial charge in [-0.25, -0.2) is 0 Å². The van der Waals surface area contributed by atoms with Gasteiger partial charge in [0.15, 0.2) is 0 Å². The Morgan fingerprint density at radius 2 is 2.37 bits per heavy atom. The molecule has 19 heavy (non-hydrogen) atoms. The molecule has 102 valence electrons. The molecule has 1 aromatic rings. The molecule has 0 aliphatic carbocycles. The zero-order valence-corrected chi connectivity index (χ0v) is 11.6. The van der Waals surface area contributed by atoms with Crippen LogP contribution in [0.5, 0.6) is 0 Å². The maximum Gasteiger partial charge on any atom is 0.220 e. The highest BCUT2D eigenvalue weighted by atomic mass is 35.5. The minimum Gasteiger partial charge on any atom is -0.369 e. The van der Waals surface area contributed by atoms with Gasteiger partial charge in [-0.3, -0.25) is 4.79 Å². The largest absolute Gasteiger partial charge is 0.369 e. The van der Waals surface area contributed by atoms with Gasteiger partial charge in [0.1, 0.15) is 0 Å². The molecule has 4 heteroatoms. The zero-order valence-electron chi connectivity index (χ0n) is 10.9. The van der Waals surface area contributed by atoms with Gasteiger partial charge < -0.3 is 11.1 Å². The van der Waals surface area contributed by atoms with Crippen LogP contribution in [0.1, 0.15) is 31.2 Å². The van der Waals surface area contributed by atoms with Crippen molar-refractivity contribution in [2.24, 2.45) is 11.7 Å². The van der Waals surface area contributed by atoms with E-state index >= 15 is 0 Å². The fraction of sp³-hybridized carbons (Fsp3) is 0.533.